The van der Waals surface area contributed by atoms with Gasteiger partial charge in [-0.1, -0.05) is 51.5 Å². The lowest BCUT2D eigenvalue weighted by Crippen LogP contribution is -2.27. The Kier molecular flexibility index (Phi) is 3.52. The molecule has 1 N–H and O–H groups in total. The van der Waals surface area contributed by atoms with E-state index in [2.05, 4.69) is 45.0 Å². The van der Waals surface area contributed by atoms with Gasteiger partial charge in [-0.25, -0.2) is 0 Å². The van der Waals surface area contributed by atoms with Crippen molar-refractivity contribution < 1.29 is 5.11 Å². The molecular formula is C20H24O. The van der Waals surface area contributed by atoms with Gasteiger partial charge in [-0.15, -0.1) is 0 Å². The number of hydrogen-bond acceptors (Lipinski definition) is 1. The van der Waals surface area contributed by atoms with Gasteiger partial charge in [0.25, 0.3) is 0 Å². The highest BCUT2D eigenvalue weighted by Gasteiger charge is 2.33. The predicted octanol–water partition coefficient (Wildman–Crippen LogP) is 5.24. The Morgan fingerprint density at radius 1 is 1.10 bits per heavy atom. The summed E-state index contributed by atoms with van der Waals surface area (Å²) in [5.41, 5.74) is 6.80. The van der Waals surface area contributed by atoms with Crippen molar-refractivity contribution in [3.05, 3.63) is 53.1 Å². The van der Waals surface area contributed by atoms with Crippen LogP contribution in [-0.4, -0.2) is 5.11 Å². The lowest BCUT2D eigenvalue weighted by atomic mass is 9.68. The maximum Gasteiger partial charge on any atom is 0.116 e. The van der Waals surface area contributed by atoms with Crippen molar-refractivity contribution in [1.82, 2.24) is 0 Å². The summed E-state index contributed by atoms with van der Waals surface area (Å²) in [4.78, 5) is 0. The second-order valence-corrected chi connectivity index (χ2v) is 6.85. The Labute approximate surface area is 127 Å². The highest BCUT2D eigenvalue weighted by Crippen LogP contribution is 2.46. The molecule has 3 rings (SSSR count). The van der Waals surface area contributed by atoms with E-state index in [4.69, 9.17) is 0 Å². The third-order valence-electron chi connectivity index (χ3n) is 4.62. The summed E-state index contributed by atoms with van der Waals surface area (Å²) in [6, 6.07) is 12.5. The second-order valence-electron chi connectivity index (χ2n) is 6.85. The quantitative estimate of drug-likeness (QED) is 0.815. The van der Waals surface area contributed by atoms with Gasteiger partial charge in [0.2, 0.25) is 0 Å². The molecule has 0 radical (unpaired) electrons. The third-order valence-corrected chi connectivity index (χ3v) is 4.62. The predicted molar refractivity (Wildman–Crippen MR) is 88.9 cm³/mol. The molecule has 0 amide bonds. The number of unbranched alkanes of at least 4 members (excludes halogenated alkanes) is 1. The molecule has 0 bridgehead atoms. The average Bonchev–Trinajstić information content (AvgIpc) is 2.43. The molecule has 1 aliphatic rings. The van der Waals surface area contributed by atoms with Gasteiger partial charge in [-0.05, 0) is 64.6 Å². The number of fused-ring (bicyclic) bond motifs is 3. The Bertz CT molecular complexity index is 668. The van der Waals surface area contributed by atoms with Crippen molar-refractivity contribution in [2.45, 2.75) is 51.9 Å². The van der Waals surface area contributed by atoms with Crippen LogP contribution in [0.5, 0.6) is 5.75 Å². The molecule has 110 valence electrons. The maximum atomic E-state index is 10.2. The number of phenolic OH excluding ortho intramolecular Hbond substituents is 1. The van der Waals surface area contributed by atoms with Gasteiger partial charge in [0.1, 0.15) is 5.75 Å². The maximum absolute atomic E-state index is 10.2. The first-order chi connectivity index (χ1) is 10.0. The molecular weight excluding hydrogens is 256 g/mol. The van der Waals surface area contributed by atoms with Crippen molar-refractivity contribution in [2.75, 3.05) is 0 Å². The van der Waals surface area contributed by atoms with E-state index in [0.717, 1.165) is 12.8 Å². The highest BCUT2D eigenvalue weighted by atomic mass is 16.3. The molecule has 2 aromatic rings. The smallest absolute Gasteiger partial charge is 0.116 e. The van der Waals surface area contributed by atoms with Gasteiger partial charge in [0.05, 0.1) is 0 Å². The molecule has 1 heteroatoms. The Morgan fingerprint density at radius 2 is 1.86 bits per heavy atom. The van der Waals surface area contributed by atoms with Crippen molar-refractivity contribution in [3.63, 3.8) is 0 Å². The molecule has 0 heterocycles. The van der Waals surface area contributed by atoms with Gasteiger partial charge in [0, 0.05) is 0 Å². The van der Waals surface area contributed by atoms with Crippen LogP contribution in [0.2, 0.25) is 0 Å². The lowest BCUT2D eigenvalue weighted by Gasteiger charge is -2.36. The molecule has 0 saturated carbocycles. The van der Waals surface area contributed by atoms with Crippen LogP contribution in [0.1, 0.15) is 50.3 Å². The van der Waals surface area contributed by atoms with Gasteiger partial charge >= 0.3 is 0 Å². The SMILES string of the molecule is CCCCc1cc(O)cc2c1C(C)(C)Cc1ccccc1-2. The average molecular weight is 280 g/mol. The van der Waals surface area contributed by atoms with E-state index in [1.165, 1.54) is 40.7 Å². The monoisotopic (exact) mass is 280 g/mol. The zero-order chi connectivity index (χ0) is 15.0. The van der Waals surface area contributed by atoms with Gasteiger partial charge in [-0.3, -0.25) is 0 Å². The first-order valence-electron chi connectivity index (χ1n) is 7.97. The molecule has 1 aliphatic carbocycles. The van der Waals surface area contributed by atoms with E-state index in [1.54, 1.807) is 0 Å². The lowest BCUT2D eigenvalue weighted by molar-refractivity contribution is 0.469. The minimum Gasteiger partial charge on any atom is -0.508 e. The second kappa shape index (κ2) is 5.22. The number of rotatable bonds is 3. The van der Waals surface area contributed by atoms with Gasteiger partial charge in [-0.2, -0.15) is 0 Å². The van der Waals surface area contributed by atoms with Crippen LogP contribution >= 0.6 is 0 Å². The van der Waals surface area contributed by atoms with Crippen molar-refractivity contribution in [1.29, 1.82) is 0 Å². The summed E-state index contributed by atoms with van der Waals surface area (Å²) in [6.07, 6.45) is 4.48. The van der Waals surface area contributed by atoms with E-state index in [0.29, 0.717) is 5.75 Å². The standard InChI is InChI=1S/C20H24O/c1-4-5-8-14-11-16(21)12-18-17-10-7-6-9-15(17)13-20(2,3)19(14)18/h6-7,9-12,21H,4-5,8,13H2,1-3H3. The van der Waals surface area contributed by atoms with Crippen molar-refractivity contribution in [2.24, 2.45) is 0 Å². The molecule has 0 saturated heterocycles. The van der Waals surface area contributed by atoms with Crippen LogP contribution in [0, 0.1) is 0 Å². The largest absolute Gasteiger partial charge is 0.508 e. The van der Waals surface area contributed by atoms with E-state index >= 15 is 0 Å². The van der Waals surface area contributed by atoms with E-state index in [-0.39, 0.29) is 5.41 Å². The summed E-state index contributed by atoms with van der Waals surface area (Å²) in [6.45, 7) is 6.87. The summed E-state index contributed by atoms with van der Waals surface area (Å²) < 4.78 is 0. The van der Waals surface area contributed by atoms with E-state index < -0.39 is 0 Å². The van der Waals surface area contributed by atoms with Gasteiger partial charge < -0.3 is 5.11 Å². The molecule has 2 aromatic carbocycles. The molecule has 0 aromatic heterocycles. The van der Waals surface area contributed by atoms with E-state index in [1.807, 2.05) is 12.1 Å². The zero-order valence-electron chi connectivity index (χ0n) is 13.2. The van der Waals surface area contributed by atoms with Crippen molar-refractivity contribution >= 4 is 0 Å². The molecule has 0 aliphatic heterocycles. The fourth-order valence-electron chi connectivity index (χ4n) is 3.76. The fraction of sp³-hybridized carbons (Fsp3) is 0.400. The molecule has 0 spiro atoms. The van der Waals surface area contributed by atoms with E-state index in [9.17, 15) is 5.11 Å². The Balaban J connectivity index is 2.24. The highest BCUT2D eigenvalue weighted by molar-refractivity contribution is 5.77. The Hall–Kier alpha value is -1.76. The Morgan fingerprint density at radius 3 is 2.62 bits per heavy atom. The first-order valence-corrected chi connectivity index (χ1v) is 7.97. The molecule has 1 nitrogen and oxygen atoms in total. The van der Waals surface area contributed by atoms with Crippen LogP contribution in [0.4, 0.5) is 0 Å². The van der Waals surface area contributed by atoms with Crippen LogP contribution in [0.15, 0.2) is 36.4 Å². The van der Waals surface area contributed by atoms with Crippen LogP contribution in [-0.2, 0) is 18.3 Å². The summed E-state index contributed by atoms with van der Waals surface area (Å²) in [7, 11) is 0. The molecule has 21 heavy (non-hydrogen) atoms. The molecule has 0 fully saturated rings. The number of aromatic hydroxyl groups is 1. The van der Waals surface area contributed by atoms with Crippen molar-refractivity contribution in [3.8, 4) is 16.9 Å². The number of benzene rings is 2. The number of phenols is 1. The minimum absolute atomic E-state index is 0.125. The third kappa shape index (κ3) is 2.46. The number of aryl methyl sites for hydroxylation is 1. The first kappa shape index (κ1) is 14.2. The van der Waals surface area contributed by atoms with Crippen LogP contribution < -0.4 is 0 Å². The topological polar surface area (TPSA) is 20.2 Å². The fourth-order valence-corrected chi connectivity index (χ4v) is 3.76. The summed E-state index contributed by atoms with van der Waals surface area (Å²) in [5.74, 6) is 0.396. The normalized spacial score (nSPS) is 15.4. The molecule has 0 atom stereocenters. The summed E-state index contributed by atoms with van der Waals surface area (Å²) >= 11 is 0. The summed E-state index contributed by atoms with van der Waals surface area (Å²) in [5, 5.41) is 10.2. The number of hydrogen-bond donors (Lipinski definition) is 1. The zero-order valence-corrected chi connectivity index (χ0v) is 13.2. The minimum atomic E-state index is 0.125. The van der Waals surface area contributed by atoms with Crippen LogP contribution in [0.25, 0.3) is 11.1 Å². The van der Waals surface area contributed by atoms with Gasteiger partial charge in [0.15, 0.2) is 0 Å². The van der Waals surface area contributed by atoms with Crippen LogP contribution in [0.3, 0.4) is 0 Å². The molecule has 0 unspecified atom stereocenters.